The van der Waals surface area contributed by atoms with Crippen LogP contribution in [0.15, 0.2) is 33.9 Å². The predicted octanol–water partition coefficient (Wildman–Crippen LogP) is -0.448. The first-order chi connectivity index (χ1) is 7.59. The number of hydrogen-bond donors (Lipinski definition) is 3. The Kier molecular flexibility index (Phi) is 2.20. The Labute approximate surface area is 88.0 Å². The van der Waals surface area contributed by atoms with E-state index < -0.39 is 17.3 Å². The zero-order valence-corrected chi connectivity index (χ0v) is 7.93. The maximum absolute atomic E-state index is 11.3. The number of hydrogen-bond acceptors (Lipinski definition) is 3. The summed E-state index contributed by atoms with van der Waals surface area (Å²) < 4.78 is 0.853. The number of rotatable bonds is 2. The number of carboxylic acids is 1. The number of carbonyl (C=O) groups is 1. The topological polar surface area (TPSA) is 108 Å². The van der Waals surface area contributed by atoms with Gasteiger partial charge in [-0.05, 0) is 12.1 Å². The lowest BCUT2D eigenvalue weighted by atomic mass is 10.2. The molecule has 0 spiro atoms. The first-order valence-electron chi connectivity index (χ1n) is 4.33. The second-order valence-corrected chi connectivity index (χ2v) is 3.03. The number of para-hydroxylation sites is 1. The van der Waals surface area contributed by atoms with Crippen molar-refractivity contribution in [3.8, 4) is 5.69 Å². The van der Waals surface area contributed by atoms with E-state index in [4.69, 9.17) is 5.11 Å². The standard InChI is InChI=1S/C9H7N3O4/c13-7(14)5-3-1-2-4-6(5)12-9(16)10-8(15)11-12/h1-4H,(H,13,14)(H2,10,11,15,16). The minimum absolute atomic E-state index is 0.0696. The second kappa shape index (κ2) is 3.54. The zero-order valence-electron chi connectivity index (χ0n) is 7.93. The van der Waals surface area contributed by atoms with Crippen LogP contribution in [0.3, 0.4) is 0 Å². The highest BCUT2D eigenvalue weighted by atomic mass is 16.4. The third kappa shape index (κ3) is 1.54. The van der Waals surface area contributed by atoms with Gasteiger partial charge in [0.05, 0.1) is 11.3 Å². The molecule has 1 aromatic carbocycles. The molecule has 0 saturated heterocycles. The van der Waals surface area contributed by atoms with E-state index in [9.17, 15) is 14.4 Å². The van der Waals surface area contributed by atoms with Gasteiger partial charge in [0.2, 0.25) is 0 Å². The lowest BCUT2D eigenvalue weighted by Crippen LogP contribution is -2.18. The van der Waals surface area contributed by atoms with Crippen LogP contribution in [-0.4, -0.2) is 25.8 Å². The van der Waals surface area contributed by atoms with Gasteiger partial charge >= 0.3 is 17.3 Å². The maximum Gasteiger partial charge on any atom is 0.349 e. The van der Waals surface area contributed by atoms with Crippen molar-refractivity contribution in [3.63, 3.8) is 0 Å². The normalized spacial score (nSPS) is 10.2. The average molecular weight is 221 g/mol. The van der Waals surface area contributed by atoms with E-state index in [0.29, 0.717) is 0 Å². The van der Waals surface area contributed by atoms with Crippen LogP contribution in [0.2, 0.25) is 0 Å². The van der Waals surface area contributed by atoms with E-state index >= 15 is 0 Å². The molecule has 7 heteroatoms. The number of H-pyrrole nitrogens is 2. The van der Waals surface area contributed by atoms with Crippen molar-refractivity contribution >= 4 is 5.97 Å². The minimum atomic E-state index is -1.18. The average Bonchev–Trinajstić information content (AvgIpc) is 2.57. The molecule has 1 aromatic heterocycles. The number of nitrogens with zero attached hydrogens (tertiary/aromatic N) is 1. The molecule has 0 unspecified atom stereocenters. The summed E-state index contributed by atoms with van der Waals surface area (Å²) in [6, 6.07) is 5.87. The largest absolute Gasteiger partial charge is 0.478 e. The van der Waals surface area contributed by atoms with Gasteiger partial charge in [-0.25, -0.2) is 24.2 Å². The molecule has 82 valence electrons. The molecule has 0 aliphatic rings. The molecule has 0 bridgehead atoms. The van der Waals surface area contributed by atoms with Crippen molar-refractivity contribution in [1.29, 1.82) is 0 Å². The molecule has 0 fully saturated rings. The molecular formula is C9H7N3O4. The Hall–Kier alpha value is -2.57. The van der Waals surface area contributed by atoms with Crippen LogP contribution in [0.5, 0.6) is 0 Å². The monoisotopic (exact) mass is 221 g/mol. The number of benzene rings is 1. The molecule has 2 rings (SSSR count). The Morgan fingerprint density at radius 1 is 1.25 bits per heavy atom. The van der Waals surface area contributed by atoms with Crippen molar-refractivity contribution < 1.29 is 9.90 Å². The van der Waals surface area contributed by atoms with Crippen molar-refractivity contribution in [1.82, 2.24) is 14.8 Å². The lowest BCUT2D eigenvalue weighted by molar-refractivity contribution is 0.0696. The van der Waals surface area contributed by atoms with Crippen LogP contribution in [0.25, 0.3) is 5.69 Å². The molecule has 16 heavy (non-hydrogen) atoms. The summed E-state index contributed by atoms with van der Waals surface area (Å²) in [6.45, 7) is 0. The van der Waals surface area contributed by atoms with Crippen molar-refractivity contribution in [2.75, 3.05) is 0 Å². The molecule has 0 radical (unpaired) electrons. The quantitative estimate of drug-likeness (QED) is 0.638. The predicted molar refractivity (Wildman–Crippen MR) is 54.0 cm³/mol. The highest BCUT2D eigenvalue weighted by Crippen LogP contribution is 2.10. The molecule has 0 saturated carbocycles. The molecule has 0 aliphatic heterocycles. The van der Waals surface area contributed by atoms with Crippen LogP contribution in [0.4, 0.5) is 0 Å². The van der Waals surface area contributed by atoms with Crippen molar-refractivity contribution in [2.24, 2.45) is 0 Å². The smallest absolute Gasteiger partial charge is 0.349 e. The van der Waals surface area contributed by atoms with Gasteiger partial charge in [0, 0.05) is 0 Å². The maximum atomic E-state index is 11.3. The molecule has 1 heterocycles. The van der Waals surface area contributed by atoms with Gasteiger partial charge in [-0.15, -0.1) is 0 Å². The van der Waals surface area contributed by atoms with E-state index in [2.05, 4.69) is 5.10 Å². The Bertz CT molecular complexity index is 649. The van der Waals surface area contributed by atoms with E-state index in [-0.39, 0.29) is 11.3 Å². The fourth-order valence-electron chi connectivity index (χ4n) is 1.35. The van der Waals surface area contributed by atoms with Gasteiger partial charge in [0.1, 0.15) is 0 Å². The molecule has 0 atom stereocenters. The molecular weight excluding hydrogens is 214 g/mol. The highest BCUT2D eigenvalue weighted by Gasteiger charge is 2.12. The van der Waals surface area contributed by atoms with Gasteiger partial charge in [0.15, 0.2) is 0 Å². The van der Waals surface area contributed by atoms with E-state index in [1.807, 2.05) is 4.98 Å². The molecule has 0 aliphatic carbocycles. The van der Waals surface area contributed by atoms with Gasteiger partial charge < -0.3 is 5.11 Å². The molecule has 7 nitrogen and oxygen atoms in total. The first kappa shape index (κ1) is 9.97. The third-order valence-electron chi connectivity index (χ3n) is 2.01. The number of aromatic carboxylic acids is 1. The lowest BCUT2D eigenvalue weighted by Gasteiger charge is -2.03. The fraction of sp³-hybridized carbons (Fsp3) is 0. The van der Waals surface area contributed by atoms with Crippen LogP contribution in [-0.2, 0) is 0 Å². The summed E-state index contributed by atoms with van der Waals surface area (Å²) in [5.74, 6) is -1.18. The van der Waals surface area contributed by atoms with Gasteiger partial charge in [-0.2, -0.15) is 0 Å². The Balaban J connectivity index is 2.74. The Morgan fingerprint density at radius 3 is 2.50 bits per heavy atom. The van der Waals surface area contributed by atoms with E-state index in [0.717, 1.165) is 4.68 Å². The van der Waals surface area contributed by atoms with Crippen molar-refractivity contribution in [3.05, 3.63) is 50.8 Å². The third-order valence-corrected chi connectivity index (χ3v) is 2.01. The van der Waals surface area contributed by atoms with Crippen molar-refractivity contribution in [2.45, 2.75) is 0 Å². The van der Waals surface area contributed by atoms with Crippen LogP contribution in [0.1, 0.15) is 10.4 Å². The Morgan fingerprint density at radius 2 is 1.94 bits per heavy atom. The van der Waals surface area contributed by atoms with Gasteiger partial charge in [0.25, 0.3) is 0 Å². The molecule has 2 aromatic rings. The highest BCUT2D eigenvalue weighted by molar-refractivity contribution is 5.91. The van der Waals surface area contributed by atoms with Crippen LogP contribution < -0.4 is 11.4 Å². The van der Waals surface area contributed by atoms with E-state index in [1.54, 1.807) is 6.07 Å². The fourth-order valence-corrected chi connectivity index (χ4v) is 1.35. The summed E-state index contributed by atoms with van der Waals surface area (Å²) in [6.07, 6.45) is 0. The summed E-state index contributed by atoms with van der Waals surface area (Å²) >= 11 is 0. The summed E-state index contributed by atoms with van der Waals surface area (Å²) in [4.78, 5) is 35.1. The summed E-state index contributed by atoms with van der Waals surface area (Å²) in [5, 5.41) is 11.1. The van der Waals surface area contributed by atoms with Crippen LogP contribution >= 0.6 is 0 Å². The SMILES string of the molecule is O=C(O)c1ccccc1-n1[nH]c(=O)[nH]c1=O. The number of aromatic nitrogens is 3. The minimum Gasteiger partial charge on any atom is -0.478 e. The summed E-state index contributed by atoms with van der Waals surface area (Å²) in [7, 11) is 0. The molecule has 0 amide bonds. The number of aromatic amines is 2. The zero-order chi connectivity index (χ0) is 11.7. The number of carboxylic acid groups (broad SMARTS) is 1. The summed E-state index contributed by atoms with van der Waals surface area (Å²) in [5.41, 5.74) is -1.36. The second-order valence-electron chi connectivity index (χ2n) is 3.03. The first-order valence-corrected chi connectivity index (χ1v) is 4.33. The van der Waals surface area contributed by atoms with Gasteiger partial charge in [-0.3, -0.25) is 4.98 Å². The molecule has 3 N–H and O–H groups in total. The van der Waals surface area contributed by atoms with Crippen LogP contribution in [0, 0.1) is 0 Å². The number of nitrogens with one attached hydrogen (secondary N) is 2. The van der Waals surface area contributed by atoms with Gasteiger partial charge in [-0.1, -0.05) is 12.1 Å². The van der Waals surface area contributed by atoms with E-state index in [1.165, 1.54) is 18.2 Å².